The molecule has 0 bridgehead atoms. The zero-order chi connectivity index (χ0) is 7.98. The Labute approximate surface area is 60.5 Å². The maximum atomic E-state index is 10.4. The third-order valence-electron chi connectivity index (χ3n) is 1.15. The molecule has 60 valence electrons. The van der Waals surface area contributed by atoms with Gasteiger partial charge in [0.25, 0.3) is 0 Å². The molecule has 0 aromatic carbocycles. The van der Waals surface area contributed by atoms with E-state index in [9.17, 15) is 4.79 Å². The molecule has 0 fully saturated rings. The summed E-state index contributed by atoms with van der Waals surface area (Å²) >= 11 is 0. The molecule has 4 N–H and O–H groups in total. The second kappa shape index (κ2) is 5.20. The lowest BCUT2D eigenvalue weighted by Gasteiger charge is -2.07. The van der Waals surface area contributed by atoms with Gasteiger partial charge in [0.15, 0.2) is 0 Å². The van der Waals surface area contributed by atoms with Crippen molar-refractivity contribution in [1.82, 2.24) is 0 Å². The van der Waals surface area contributed by atoms with E-state index >= 15 is 0 Å². The minimum absolute atomic E-state index is 0.0597. The molecular weight excluding hydrogens is 132 g/mol. The molecule has 0 saturated heterocycles. The van der Waals surface area contributed by atoms with Crippen molar-refractivity contribution < 1.29 is 9.53 Å². The molecule has 0 spiro atoms. The third kappa shape index (κ3) is 4.29. The molecule has 4 heteroatoms. The van der Waals surface area contributed by atoms with Crippen LogP contribution in [0.25, 0.3) is 0 Å². The summed E-state index contributed by atoms with van der Waals surface area (Å²) in [7, 11) is 0. The van der Waals surface area contributed by atoms with Gasteiger partial charge in [-0.1, -0.05) is 6.92 Å². The fraction of sp³-hybridized carbons (Fsp3) is 0.833. The summed E-state index contributed by atoms with van der Waals surface area (Å²) < 4.78 is 4.65. The maximum absolute atomic E-state index is 10.4. The molecule has 0 aliphatic rings. The summed E-state index contributed by atoms with van der Waals surface area (Å²) in [5.41, 5.74) is 10.4. The summed E-state index contributed by atoms with van der Waals surface area (Å²) in [5.74, 6) is -0.399. The Morgan fingerprint density at radius 2 is 2.30 bits per heavy atom. The van der Waals surface area contributed by atoms with E-state index in [2.05, 4.69) is 4.74 Å². The first-order chi connectivity index (χ1) is 4.70. The van der Waals surface area contributed by atoms with Gasteiger partial charge in [-0.05, 0) is 6.42 Å². The van der Waals surface area contributed by atoms with Crippen molar-refractivity contribution in [2.75, 3.05) is 13.2 Å². The largest absolute Gasteiger partial charge is 0.463 e. The molecule has 1 atom stereocenters. The van der Waals surface area contributed by atoms with Crippen molar-refractivity contribution in [3.8, 4) is 0 Å². The van der Waals surface area contributed by atoms with E-state index in [0.29, 0.717) is 0 Å². The van der Waals surface area contributed by atoms with Crippen molar-refractivity contribution in [3.63, 3.8) is 0 Å². The Balaban J connectivity index is 3.26. The zero-order valence-corrected chi connectivity index (χ0v) is 6.17. The monoisotopic (exact) mass is 146 g/mol. The Morgan fingerprint density at radius 1 is 1.70 bits per heavy atom. The standard InChI is InChI=1S/C6H14N2O2/c1-2-5(8)4-10-6(9)3-7/h5H,2-4,7-8H2,1H3. The van der Waals surface area contributed by atoms with Crippen LogP contribution in [0.1, 0.15) is 13.3 Å². The van der Waals surface area contributed by atoms with Crippen LogP contribution in [-0.2, 0) is 9.53 Å². The van der Waals surface area contributed by atoms with Crippen LogP contribution < -0.4 is 11.5 Å². The lowest BCUT2D eigenvalue weighted by Crippen LogP contribution is -2.28. The van der Waals surface area contributed by atoms with Crippen molar-refractivity contribution in [3.05, 3.63) is 0 Å². The number of rotatable bonds is 4. The van der Waals surface area contributed by atoms with Gasteiger partial charge in [0.2, 0.25) is 0 Å². The molecule has 0 aromatic rings. The number of ether oxygens (including phenoxy) is 1. The zero-order valence-electron chi connectivity index (χ0n) is 6.17. The minimum atomic E-state index is -0.399. The van der Waals surface area contributed by atoms with Gasteiger partial charge in [-0.2, -0.15) is 0 Å². The fourth-order valence-electron chi connectivity index (χ4n) is 0.377. The van der Waals surface area contributed by atoms with E-state index in [0.717, 1.165) is 6.42 Å². The van der Waals surface area contributed by atoms with E-state index in [4.69, 9.17) is 11.5 Å². The molecule has 10 heavy (non-hydrogen) atoms. The molecule has 4 nitrogen and oxygen atoms in total. The predicted molar refractivity (Wildman–Crippen MR) is 38.3 cm³/mol. The van der Waals surface area contributed by atoms with Crippen molar-refractivity contribution in [1.29, 1.82) is 0 Å². The van der Waals surface area contributed by atoms with Gasteiger partial charge >= 0.3 is 5.97 Å². The summed E-state index contributed by atoms with van der Waals surface area (Å²) in [6, 6.07) is -0.0597. The predicted octanol–water partition coefficient (Wildman–Crippen LogP) is -0.774. The first kappa shape index (κ1) is 9.39. The van der Waals surface area contributed by atoms with Gasteiger partial charge in [-0.3, -0.25) is 4.79 Å². The number of hydrogen-bond donors (Lipinski definition) is 2. The highest BCUT2D eigenvalue weighted by molar-refractivity contribution is 5.71. The van der Waals surface area contributed by atoms with Crippen LogP contribution in [0.4, 0.5) is 0 Å². The van der Waals surface area contributed by atoms with E-state index in [1.54, 1.807) is 0 Å². The summed E-state index contributed by atoms with van der Waals surface area (Å²) in [6.45, 7) is 2.13. The van der Waals surface area contributed by atoms with Crippen molar-refractivity contribution >= 4 is 5.97 Å². The van der Waals surface area contributed by atoms with Crippen LogP contribution in [0, 0.1) is 0 Å². The Bertz CT molecular complexity index is 106. The average molecular weight is 146 g/mol. The molecule has 0 rings (SSSR count). The van der Waals surface area contributed by atoms with E-state index in [-0.39, 0.29) is 19.2 Å². The third-order valence-corrected chi connectivity index (χ3v) is 1.15. The minimum Gasteiger partial charge on any atom is -0.463 e. The number of carbonyl (C=O) groups is 1. The topological polar surface area (TPSA) is 78.3 Å². The van der Waals surface area contributed by atoms with E-state index < -0.39 is 5.97 Å². The van der Waals surface area contributed by atoms with Gasteiger partial charge < -0.3 is 16.2 Å². The summed E-state index contributed by atoms with van der Waals surface area (Å²) in [5, 5.41) is 0. The molecule has 0 saturated carbocycles. The Hall–Kier alpha value is -0.610. The Morgan fingerprint density at radius 3 is 2.70 bits per heavy atom. The smallest absolute Gasteiger partial charge is 0.319 e. The molecule has 0 amide bonds. The average Bonchev–Trinajstić information content (AvgIpc) is 1.99. The maximum Gasteiger partial charge on any atom is 0.319 e. The van der Waals surface area contributed by atoms with Crippen molar-refractivity contribution in [2.24, 2.45) is 11.5 Å². The van der Waals surface area contributed by atoms with E-state index in [1.165, 1.54) is 0 Å². The number of hydrogen-bond acceptors (Lipinski definition) is 4. The second-order valence-corrected chi connectivity index (χ2v) is 2.06. The first-order valence-corrected chi connectivity index (χ1v) is 3.32. The molecule has 0 aromatic heterocycles. The van der Waals surface area contributed by atoms with Gasteiger partial charge in [-0.25, -0.2) is 0 Å². The summed E-state index contributed by atoms with van der Waals surface area (Å²) in [6.07, 6.45) is 0.803. The highest BCUT2D eigenvalue weighted by Crippen LogP contribution is 1.86. The van der Waals surface area contributed by atoms with Gasteiger partial charge in [0, 0.05) is 6.04 Å². The molecule has 0 aliphatic heterocycles. The number of nitrogens with two attached hydrogens (primary N) is 2. The quantitative estimate of drug-likeness (QED) is 0.510. The van der Waals surface area contributed by atoms with Crippen LogP contribution >= 0.6 is 0 Å². The number of esters is 1. The molecule has 0 aliphatic carbocycles. The lowest BCUT2D eigenvalue weighted by molar-refractivity contribution is -0.142. The van der Waals surface area contributed by atoms with Crippen LogP contribution in [-0.4, -0.2) is 25.2 Å². The van der Waals surface area contributed by atoms with Gasteiger partial charge in [-0.15, -0.1) is 0 Å². The fourth-order valence-corrected chi connectivity index (χ4v) is 0.377. The highest BCUT2D eigenvalue weighted by atomic mass is 16.5. The summed E-state index contributed by atoms with van der Waals surface area (Å²) in [4.78, 5) is 10.4. The molecule has 0 radical (unpaired) electrons. The van der Waals surface area contributed by atoms with Gasteiger partial charge in [0.05, 0.1) is 6.54 Å². The highest BCUT2D eigenvalue weighted by Gasteiger charge is 2.02. The molecule has 1 unspecified atom stereocenters. The normalized spacial score (nSPS) is 12.7. The van der Waals surface area contributed by atoms with Crippen LogP contribution in [0.3, 0.4) is 0 Å². The van der Waals surface area contributed by atoms with Crippen molar-refractivity contribution in [2.45, 2.75) is 19.4 Å². The SMILES string of the molecule is CCC(N)COC(=O)CN. The molecule has 0 heterocycles. The van der Waals surface area contributed by atoms with Gasteiger partial charge in [0.1, 0.15) is 6.61 Å². The van der Waals surface area contributed by atoms with Crippen LogP contribution in [0.5, 0.6) is 0 Å². The second-order valence-electron chi connectivity index (χ2n) is 2.06. The van der Waals surface area contributed by atoms with Crippen LogP contribution in [0.15, 0.2) is 0 Å². The first-order valence-electron chi connectivity index (χ1n) is 3.32. The Kier molecular flexibility index (Phi) is 4.88. The van der Waals surface area contributed by atoms with E-state index in [1.807, 2.05) is 6.92 Å². The lowest BCUT2D eigenvalue weighted by atomic mass is 10.3. The number of carbonyl (C=O) groups excluding carboxylic acids is 1. The van der Waals surface area contributed by atoms with Crippen LogP contribution in [0.2, 0.25) is 0 Å². The molecular formula is C6H14N2O2.